The first-order valence-corrected chi connectivity index (χ1v) is 8.16. The number of carbonyl (C=O) groups excluding carboxylic acids is 2. The van der Waals surface area contributed by atoms with Crippen LogP contribution in [0.15, 0.2) is 91.0 Å². The lowest BCUT2D eigenvalue weighted by atomic mass is 10.0. The lowest BCUT2D eigenvalue weighted by Gasteiger charge is -2.10. The molecule has 0 saturated carbocycles. The maximum Gasteiger partial charge on any atom is 0.338 e. The van der Waals surface area contributed by atoms with Gasteiger partial charge in [0.2, 0.25) is 0 Å². The predicted molar refractivity (Wildman–Crippen MR) is 99.7 cm³/mol. The minimum absolute atomic E-state index is 0.187. The van der Waals surface area contributed by atoms with E-state index < -0.39 is 12.1 Å². The molecule has 0 heterocycles. The molecular weight excluding hydrogens is 328 g/mol. The van der Waals surface area contributed by atoms with Crippen LogP contribution >= 0.6 is 0 Å². The molecule has 0 amide bonds. The Bertz CT molecular complexity index is 747. The Balaban J connectivity index is 0.000000190. The van der Waals surface area contributed by atoms with Crippen molar-refractivity contribution < 1.29 is 19.4 Å². The average Bonchev–Trinajstić information content (AvgIpc) is 2.74. The fraction of sp³-hybridized carbons (Fsp3) is 0.0909. The zero-order chi connectivity index (χ0) is 18.6. The molecule has 3 aromatic rings. The summed E-state index contributed by atoms with van der Waals surface area (Å²) in [5.41, 5.74) is 2.32. The lowest BCUT2D eigenvalue weighted by molar-refractivity contribution is -0.110. The lowest BCUT2D eigenvalue weighted by Crippen LogP contribution is -2.06. The van der Waals surface area contributed by atoms with Gasteiger partial charge in [0.1, 0.15) is 12.7 Å². The largest absolute Gasteiger partial charge is 0.454 e. The van der Waals surface area contributed by atoms with E-state index in [0.29, 0.717) is 11.8 Å². The van der Waals surface area contributed by atoms with Crippen LogP contribution < -0.4 is 0 Å². The highest BCUT2D eigenvalue weighted by molar-refractivity contribution is 5.89. The van der Waals surface area contributed by atoms with Crippen LogP contribution in [0.4, 0.5) is 0 Å². The van der Waals surface area contributed by atoms with Crippen LogP contribution in [0.3, 0.4) is 0 Å². The molecule has 0 bridgehead atoms. The summed E-state index contributed by atoms with van der Waals surface area (Å²) in [6.45, 7) is -0.187. The van der Waals surface area contributed by atoms with E-state index in [0.717, 1.165) is 11.1 Å². The summed E-state index contributed by atoms with van der Waals surface area (Å²) in [5.74, 6) is -0.470. The molecular formula is C22H20O4. The fourth-order valence-corrected chi connectivity index (χ4v) is 2.23. The third-order valence-electron chi connectivity index (χ3n) is 3.52. The maximum atomic E-state index is 11.0. The minimum atomic E-state index is -0.516. The van der Waals surface area contributed by atoms with Gasteiger partial charge in [-0.2, -0.15) is 0 Å². The van der Waals surface area contributed by atoms with Crippen LogP contribution in [-0.2, 0) is 9.53 Å². The number of ether oxygens (including phenoxy) is 1. The Hall–Kier alpha value is -3.24. The van der Waals surface area contributed by atoms with E-state index in [4.69, 9.17) is 0 Å². The third-order valence-corrected chi connectivity index (χ3v) is 3.52. The van der Waals surface area contributed by atoms with E-state index in [2.05, 4.69) is 4.74 Å². The van der Waals surface area contributed by atoms with E-state index in [9.17, 15) is 14.7 Å². The van der Waals surface area contributed by atoms with Gasteiger partial charge in [-0.1, -0.05) is 78.9 Å². The van der Waals surface area contributed by atoms with Crippen LogP contribution in [0.25, 0.3) is 0 Å². The average molecular weight is 348 g/mol. The molecule has 0 aromatic heterocycles. The van der Waals surface area contributed by atoms with Crippen molar-refractivity contribution in [3.63, 3.8) is 0 Å². The van der Waals surface area contributed by atoms with Crippen molar-refractivity contribution in [3.8, 4) is 0 Å². The van der Waals surface area contributed by atoms with E-state index in [1.807, 2.05) is 60.7 Å². The van der Waals surface area contributed by atoms with Crippen molar-refractivity contribution >= 4 is 12.3 Å². The van der Waals surface area contributed by atoms with Crippen molar-refractivity contribution in [2.45, 2.75) is 6.10 Å². The van der Waals surface area contributed by atoms with Crippen molar-refractivity contribution in [1.29, 1.82) is 0 Å². The number of esters is 1. The number of aliphatic hydroxyl groups excluding tert-OH is 1. The number of rotatable bonds is 5. The van der Waals surface area contributed by atoms with Crippen molar-refractivity contribution in [1.82, 2.24) is 0 Å². The first kappa shape index (κ1) is 19.1. The third kappa shape index (κ3) is 6.00. The van der Waals surface area contributed by atoms with Crippen LogP contribution in [-0.4, -0.2) is 24.0 Å². The Morgan fingerprint density at radius 1 is 0.808 bits per heavy atom. The second-order valence-electron chi connectivity index (χ2n) is 5.36. The molecule has 4 nitrogen and oxygen atoms in total. The molecule has 0 spiro atoms. The van der Waals surface area contributed by atoms with Crippen LogP contribution in [0.1, 0.15) is 27.6 Å². The SMILES string of the molecule is O=CCOC(=O)c1ccccc1.OC(c1ccccc1)c1ccccc1. The van der Waals surface area contributed by atoms with Gasteiger partial charge in [0.25, 0.3) is 0 Å². The number of aliphatic hydroxyl groups is 1. The number of benzene rings is 3. The summed E-state index contributed by atoms with van der Waals surface area (Å²) in [6.07, 6.45) is 0.0262. The molecule has 3 rings (SSSR count). The molecule has 26 heavy (non-hydrogen) atoms. The quantitative estimate of drug-likeness (QED) is 0.562. The minimum Gasteiger partial charge on any atom is -0.454 e. The highest BCUT2D eigenvalue weighted by Gasteiger charge is 2.08. The Morgan fingerprint density at radius 3 is 1.65 bits per heavy atom. The Morgan fingerprint density at radius 2 is 1.23 bits per heavy atom. The van der Waals surface area contributed by atoms with Gasteiger partial charge in [-0.25, -0.2) is 4.79 Å². The van der Waals surface area contributed by atoms with Gasteiger partial charge in [-0.05, 0) is 23.3 Å². The van der Waals surface area contributed by atoms with E-state index in [-0.39, 0.29) is 6.61 Å². The topological polar surface area (TPSA) is 63.6 Å². The van der Waals surface area contributed by atoms with Crippen LogP contribution in [0.5, 0.6) is 0 Å². The standard InChI is InChI=1S/C13H12O.C9H8O3/c14-13(11-7-3-1-4-8-11)12-9-5-2-6-10-12;10-6-7-12-9(11)8-4-2-1-3-5-8/h1-10,13-14H;1-6H,7H2. The molecule has 0 saturated heterocycles. The van der Waals surface area contributed by atoms with E-state index >= 15 is 0 Å². The van der Waals surface area contributed by atoms with Gasteiger partial charge in [-0.15, -0.1) is 0 Å². The molecule has 4 heteroatoms. The number of hydrogen-bond acceptors (Lipinski definition) is 4. The zero-order valence-corrected chi connectivity index (χ0v) is 14.2. The monoisotopic (exact) mass is 348 g/mol. The molecule has 0 aliphatic rings. The van der Waals surface area contributed by atoms with Gasteiger partial charge in [-0.3, -0.25) is 4.79 Å². The van der Waals surface area contributed by atoms with Gasteiger partial charge in [0.15, 0.2) is 6.29 Å². The predicted octanol–water partition coefficient (Wildman–Crippen LogP) is 3.81. The zero-order valence-electron chi connectivity index (χ0n) is 14.2. The molecule has 132 valence electrons. The highest BCUT2D eigenvalue weighted by atomic mass is 16.5. The normalized spacial score (nSPS) is 9.77. The van der Waals surface area contributed by atoms with Crippen molar-refractivity contribution in [3.05, 3.63) is 108 Å². The number of carbonyl (C=O) groups is 2. The molecule has 0 atom stereocenters. The van der Waals surface area contributed by atoms with Crippen molar-refractivity contribution in [2.75, 3.05) is 6.61 Å². The summed E-state index contributed by atoms with van der Waals surface area (Å²) < 4.78 is 4.57. The summed E-state index contributed by atoms with van der Waals surface area (Å²) >= 11 is 0. The molecule has 0 fully saturated rings. The Labute approximate surface area is 152 Å². The first-order chi connectivity index (χ1) is 12.7. The molecule has 0 radical (unpaired) electrons. The fourth-order valence-electron chi connectivity index (χ4n) is 2.23. The van der Waals surface area contributed by atoms with Gasteiger partial charge < -0.3 is 9.84 Å². The molecule has 0 unspecified atom stereocenters. The van der Waals surface area contributed by atoms with E-state index in [1.165, 1.54) is 0 Å². The van der Waals surface area contributed by atoms with Gasteiger partial charge in [0, 0.05) is 0 Å². The molecule has 0 aliphatic heterocycles. The van der Waals surface area contributed by atoms with Gasteiger partial charge in [0.05, 0.1) is 5.56 Å². The summed E-state index contributed by atoms with van der Waals surface area (Å²) in [5, 5.41) is 9.99. The summed E-state index contributed by atoms with van der Waals surface area (Å²) in [7, 11) is 0. The Kier molecular flexibility index (Phi) is 7.77. The van der Waals surface area contributed by atoms with Gasteiger partial charge >= 0.3 is 5.97 Å². The molecule has 3 aromatic carbocycles. The smallest absolute Gasteiger partial charge is 0.338 e. The summed E-state index contributed by atoms with van der Waals surface area (Å²) in [4.78, 5) is 20.9. The van der Waals surface area contributed by atoms with Crippen LogP contribution in [0, 0.1) is 0 Å². The maximum absolute atomic E-state index is 11.0. The number of hydrogen-bond donors (Lipinski definition) is 1. The number of aldehydes is 1. The van der Waals surface area contributed by atoms with E-state index in [1.54, 1.807) is 30.3 Å². The molecule has 1 N–H and O–H groups in total. The second kappa shape index (κ2) is 10.6. The van der Waals surface area contributed by atoms with Crippen LogP contribution in [0.2, 0.25) is 0 Å². The highest BCUT2D eigenvalue weighted by Crippen LogP contribution is 2.20. The summed E-state index contributed by atoms with van der Waals surface area (Å²) in [6, 6.07) is 27.9. The first-order valence-electron chi connectivity index (χ1n) is 8.16. The second-order valence-corrected chi connectivity index (χ2v) is 5.36. The molecule has 0 aliphatic carbocycles. The van der Waals surface area contributed by atoms with Crippen molar-refractivity contribution in [2.24, 2.45) is 0 Å².